The van der Waals surface area contributed by atoms with E-state index in [9.17, 15) is 5.11 Å². The first-order valence-electron chi connectivity index (χ1n) is 5.61. The smallest absolute Gasteiger partial charge is 0.100 e. The van der Waals surface area contributed by atoms with Crippen molar-refractivity contribution in [2.75, 3.05) is 0 Å². The molecule has 0 unspecified atom stereocenters. The molecule has 0 aliphatic carbocycles. The fourth-order valence-electron chi connectivity index (χ4n) is 2.05. The Kier molecular flexibility index (Phi) is 2.78. The van der Waals surface area contributed by atoms with E-state index < -0.39 is 0 Å². The highest BCUT2D eigenvalue weighted by Crippen LogP contribution is 2.24. The highest BCUT2D eigenvalue weighted by atomic mass is 35.5. The molecule has 0 atom stereocenters. The Hall–Kier alpha value is -1.84. The number of imidazole rings is 1. The van der Waals surface area contributed by atoms with Crippen LogP contribution in [0.2, 0.25) is 5.02 Å². The summed E-state index contributed by atoms with van der Waals surface area (Å²) in [6.45, 7) is -0.0288. The fraction of sp³-hybridized carbons (Fsp3) is 0.0714. The maximum atomic E-state index is 9.40. The minimum Gasteiger partial charge on any atom is -0.392 e. The molecule has 0 spiro atoms. The topological polar surface area (TPSA) is 38.0 Å². The Morgan fingerprint density at radius 3 is 2.83 bits per heavy atom. The molecule has 0 saturated heterocycles. The zero-order valence-corrected chi connectivity index (χ0v) is 10.3. The van der Waals surface area contributed by atoms with Gasteiger partial charge in [-0.3, -0.25) is 4.57 Å². The van der Waals surface area contributed by atoms with Crippen molar-refractivity contribution in [2.24, 2.45) is 0 Å². The van der Waals surface area contributed by atoms with E-state index in [1.165, 1.54) is 0 Å². The fourth-order valence-corrected chi connectivity index (χ4v) is 2.21. The van der Waals surface area contributed by atoms with Crippen molar-refractivity contribution in [1.29, 1.82) is 0 Å². The lowest BCUT2D eigenvalue weighted by molar-refractivity contribution is 0.281. The predicted molar refractivity (Wildman–Crippen MR) is 72.0 cm³/mol. The van der Waals surface area contributed by atoms with Crippen LogP contribution in [0.25, 0.3) is 16.7 Å². The molecule has 2 aromatic carbocycles. The van der Waals surface area contributed by atoms with E-state index in [-0.39, 0.29) is 6.61 Å². The minimum atomic E-state index is -0.0288. The summed E-state index contributed by atoms with van der Waals surface area (Å²) in [5, 5.41) is 10.0. The molecule has 0 aliphatic rings. The summed E-state index contributed by atoms with van der Waals surface area (Å²) in [5.74, 6) is 0. The van der Waals surface area contributed by atoms with Crippen molar-refractivity contribution >= 4 is 22.6 Å². The van der Waals surface area contributed by atoms with Gasteiger partial charge in [0.2, 0.25) is 0 Å². The largest absolute Gasteiger partial charge is 0.392 e. The number of aliphatic hydroxyl groups is 1. The van der Waals surface area contributed by atoms with E-state index in [4.69, 9.17) is 11.6 Å². The first-order chi connectivity index (χ1) is 8.79. The molecule has 4 heteroatoms. The van der Waals surface area contributed by atoms with E-state index in [0.717, 1.165) is 22.3 Å². The number of halogens is 1. The molecule has 18 heavy (non-hydrogen) atoms. The number of rotatable bonds is 2. The average Bonchev–Trinajstić information content (AvgIpc) is 2.82. The third-order valence-electron chi connectivity index (χ3n) is 2.93. The van der Waals surface area contributed by atoms with Crippen LogP contribution in [0.3, 0.4) is 0 Å². The second-order valence-corrected chi connectivity index (χ2v) is 4.47. The van der Waals surface area contributed by atoms with Crippen molar-refractivity contribution in [2.45, 2.75) is 6.61 Å². The first kappa shape index (κ1) is 11.3. The summed E-state index contributed by atoms with van der Waals surface area (Å²) in [6, 6.07) is 13.3. The summed E-state index contributed by atoms with van der Waals surface area (Å²) >= 11 is 6.03. The number of nitrogens with zero attached hydrogens (tertiary/aromatic N) is 2. The predicted octanol–water partition coefficient (Wildman–Crippen LogP) is 3.17. The minimum absolute atomic E-state index is 0.0288. The van der Waals surface area contributed by atoms with Crippen LogP contribution in [0.15, 0.2) is 48.8 Å². The van der Waals surface area contributed by atoms with Crippen LogP contribution in [-0.2, 0) is 6.61 Å². The second-order valence-electron chi connectivity index (χ2n) is 4.03. The van der Waals surface area contributed by atoms with Gasteiger partial charge in [-0.1, -0.05) is 29.8 Å². The highest BCUT2D eigenvalue weighted by Gasteiger charge is 2.08. The Morgan fingerprint density at radius 2 is 2.00 bits per heavy atom. The maximum Gasteiger partial charge on any atom is 0.100 e. The second kappa shape index (κ2) is 4.44. The van der Waals surface area contributed by atoms with E-state index in [2.05, 4.69) is 4.98 Å². The molecule has 0 aliphatic heterocycles. The van der Waals surface area contributed by atoms with E-state index in [0.29, 0.717) is 5.02 Å². The third kappa shape index (κ3) is 1.78. The van der Waals surface area contributed by atoms with Gasteiger partial charge in [0.05, 0.1) is 23.3 Å². The van der Waals surface area contributed by atoms with Gasteiger partial charge in [0.15, 0.2) is 0 Å². The van der Waals surface area contributed by atoms with Crippen LogP contribution in [0.5, 0.6) is 0 Å². The number of benzene rings is 2. The van der Waals surface area contributed by atoms with E-state index in [1.807, 2.05) is 41.0 Å². The van der Waals surface area contributed by atoms with Crippen LogP contribution in [0.4, 0.5) is 0 Å². The summed E-state index contributed by atoms with van der Waals surface area (Å²) < 4.78 is 1.94. The Bertz CT molecular complexity index is 706. The van der Waals surface area contributed by atoms with Gasteiger partial charge in [-0.2, -0.15) is 0 Å². The molecule has 3 rings (SSSR count). The molecule has 0 fully saturated rings. The summed E-state index contributed by atoms with van der Waals surface area (Å²) in [6.07, 6.45) is 1.75. The van der Waals surface area contributed by atoms with Gasteiger partial charge in [0.25, 0.3) is 0 Å². The maximum absolute atomic E-state index is 9.40. The van der Waals surface area contributed by atoms with Gasteiger partial charge >= 0.3 is 0 Å². The van der Waals surface area contributed by atoms with Crippen molar-refractivity contribution in [1.82, 2.24) is 9.55 Å². The van der Waals surface area contributed by atoms with Crippen LogP contribution in [-0.4, -0.2) is 14.7 Å². The lowest BCUT2D eigenvalue weighted by Crippen LogP contribution is -1.98. The third-order valence-corrected chi connectivity index (χ3v) is 3.17. The lowest BCUT2D eigenvalue weighted by atomic mass is 10.2. The normalized spacial score (nSPS) is 11.0. The van der Waals surface area contributed by atoms with Gasteiger partial charge in [-0.15, -0.1) is 0 Å². The zero-order valence-electron chi connectivity index (χ0n) is 9.55. The first-order valence-corrected chi connectivity index (χ1v) is 5.99. The highest BCUT2D eigenvalue weighted by molar-refractivity contribution is 6.30. The number of aliphatic hydroxyl groups excluding tert-OH is 1. The molecule has 1 aromatic heterocycles. The molecule has 3 nitrogen and oxygen atoms in total. The SMILES string of the molecule is OCc1ccc(Cl)cc1-n1cnc2ccccc21. The van der Waals surface area contributed by atoms with Gasteiger partial charge < -0.3 is 5.11 Å². The molecular formula is C14H11ClN2O. The van der Waals surface area contributed by atoms with Crippen molar-refractivity contribution in [3.63, 3.8) is 0 Å². The van der Waals surface area contributed by atoms with Gasteiger partial charge in [-0.25, -0.2) is 4.98 Å². The van der Waals surface area contributed by atoms with Crippen molar-refractivity contribution in [3.8, 4) is 5.69 Å². The van der Waals surface area contributed by atoms with E-state index >= 15 is 0 Å². The molecular weight excluding hydrogens is 248 g/mol. The standard InChI is InChI=1S/C14H11ClN2O/c15-11-6-5-10(8-18)14(7-11)17-9-16-12-3-1-2-4-13(12)17/h1-7,9,18H,8H2. The Morgan fingerprint density at radius 1 is 1.17 bits per heavy atom. The molecule has 1 N–H and O–H groups in total. The molecule has 0 radical (unpaired) electrons. The number of para-hydroxylation sites is 2. The molecule has 1 heterocycles. The molecule has 3 aromatic rings. The zero-order chi connectivity index (χ0) is 12.5. The van der Waals surface area contributed by atoms with E-state index in [1.54, 1.807) is 12.4 Å². The lowest BCUT2D eigenvalue weighted by Gasteiger charge is -2.10. The number of hydrogen-bond donors (Lipinski definition) is 1. The molecule has 90 valence electrons. The molecule has 0 saturated carbocycles. The Labute approximate surface area is 109 Å². The van der Waals surface area contributed by atoms with Crippen LogP contribution < -0.4 is 0 Å². The van der Waals surface area contributed by atoms with Crippen molar-refractivity contribution < 1.29 is 5.11 Å². The average molecular weight is 259 g/mol. The van der Waals surface area contributed by atoms with Crippen LogP contribution in [0.1, 0.15) is 5.56 Å². The summed E-state index contributed by atoms with van der Waals surface area (Å²) in [5.41, 5.74) is 3.59. The summed E-state index contributed by atoms with van der Waals surface area (Å²) in [4.78, 5) is 4.34. The number of fused-ring (bicyclic) bond motifs is 1. The van der Waals surface area contributed by atoms with Gasteiger partial charge in [0.1, 0.15) is 6.33 Å². The monoisotopic (exact) mass is 258 g/mol. The summed E-state index contributed by atoms with van der Waals surface area (Å²) in [7, 11) is 0. The van der Waals surface area contributed by atoms with Gasteiger partial charge in [0, 0.05) is 10.6 Å². The van der Waals surface area contributed by atoms with Crippen LogP contribution in [0, 0.1) is 0 Å². The van der Waals surface area contributed by atoms with Gasteiger partial charge in [-0.05, 0) is 24.3 Å². The number of aromatic nitrogens is 2. The van der Waals surface area contributed by atoms with Crippen molar-refractivity contribution in [3.05, 3.63) is 59.4 Å². The Balaban J connectivity index is 2.29. The molecule has 0 amide bonds. The van der Waals surface area contributed by atoms with Crippen LogP contribution >= 0.6 is 11.6 Å². The number of hydrogen-bond acceptors (Lipinski definition) is 2. The molecule has 0 bridgehead atoms. The quantitative estimate of drug-likeness (QED) is 0.767.